The minimum Gasteiger partial charge on any atom is -0.479 e. The lowest BCUT2D eigenvalue weighted by atomic mass is 9.85. The van der Waals surface area contributed by atoms with Crippen molar-refractivity contribution in [1.82, 2.24) is 42.5 Å². The molecule has 0 aromatic rings. The maximum atomic E-state index is 14.3. The Bertz CT molecular complexity index is 3640. The molecule has 6 aliphatic rings. The topological polar surface area (TPSA) is 544 Å². The van der Waals surface area contributed by atoms with Gasteiger partial charge in [-0.2, -0.15) is 0 Å². The number of likely N-dealkylation sites (N-methyl/N-ethyl adjacent to an activating group) is 1. The molecule has 3 saturated heterocycles. The third-order valence-corrected chi connectivity index (χ3v) is 21.9. The van der Waals surface area contributed by atoms with Gasteiger partial charge in [-0.3, -0.25) is 47.9 Å². The van der Waals surface area contributed by atoms with Crippen molar-refractivity contribution in [2.24, 2.45) is 41.2 Å². The van der Waals surface area contributed by atoms with E-state index in [1.807, 2.05) is 76.3 Å². The summed E-state index contributed by atoms with van der Waals surface area (Å²) in [6, 6.07) is -10.9. The van der Waals surface area contributed by atoms with E-state index in [2.05, 4.69) is 44.1 Å². The SMILES string of the molecule is CCC(C)COC(C(N)=O)C(O)C(NC(=O)C(CC(=O)C(CO)NC(=O)C(CNC(=O)C(C)NC(=O)CCCCC(C)C=C(C)C1OC2C=CC1OC(=O)C=CC=CC=CC1OC3CC1OC(C=CCC1OC(CC(O)C1C)C(O)C(O)C=CCCC=CC2)C3C)NC(=O)C(NC(=O)C(O)CNC(=O)C(NC)C(C)O)C(=O)O)C(C)C)C(C)=O. The Kier molecular flexibility index (Phi) is 43.0. The van der Waals surface area contributed by atoms with Crippen molar-refractivity contribution in [1.29, 1.82) is 0 Å². The van der Waals surface area contributed by atoms with Gasteiger partial charge >= 0.3 is 11.9 Å². The van der Waals surface area contributed by atoms with Crippen molar-refractivity contribution >= 4 is 70.8 Å². The molecule has 6 rings (SSSR count). The number of hydrogen-bond donors (Lipinski definition) is 17. The Labute approximate surface area is 695 Å². The standard InChI is InChI=1S/C84H129N9O26/c1-13-45(4)43-114-76(77(85)105)74(104)70(51(10)95)92-79(107)54(44(2)3)37-59(99)56(42-94)91-80(108)55(90-83(111)72(84(112)113)93-81(109)60(100)41-88-82(110)71(86-12)52(11)96)40-87-78(106)50(9)89-68(101)32-24-23-26-46(5)36-47(6)75-64-35-34-53(115-75)27-19-15-14-16-20-28-57(97)73(103)67-38-58(98)48(7)61(117-67)30-25-31-62-49(8)65-39-66(116-62)63(118-65)29-21-17-18-22-33-69(102)119-64/h15,17-22,25,28-29,31,33-36,44-46,48-50,52-58,60-67,70-76,86,94,96-98,100,103-104H,13-14,16,23-24,26-27,30,32,37-43H2,1-12H3,(H2,85,105)(H,87,106)(H,88,110)(H,89,101)(H,90,111)(H,91,108)(H,92,107)(H,93,109)(H,112,113). The second kappa shape index (κ2) is 50.6. The summed E-state index contributed by atoms with van der Waals surface area (Å²) in [6.45, 7) is 15.1. The van der Waals surface area contributed by atoms with E-state index in [0.29, 0.717) is 51.4 Å². The van der Waals surface area contributed by atoms with Gasteiger partial charge in [-0.15, -0.1) is 0 Å². The molecule has 119 heavy (non-hydrogen) atoms. The number of rotatable bonds is 38. The normalized spacial score (nSPS) is 27.7. The Balaban J connectivity index is 1.25. The smallest absolute Gasteiger partial charge is 0.336 e. The molecule has 35 heteroatoms. The number of amides is 8. The number of ketones is 2. The molecule has 8 amide bonds. The van der Waals surface area contributed by atoms with Crippen LogP contribution in [0.1, 0.15) is 153 Å². The number of aliphatic carboxylic acids is 1. The molecular formula is C84H129N9O26. The number of carboxylic acids is 1. The average Bonchev–Trinajstić information content (AvgIpc) is 1.69. The first-order chi connectivity index (χ1) is 56.3. The molecule has 0 aromatic heterocycles. The van der Waals surface area contributed by atoms with Crippen LogP contribution in [0.3, 0.4) is 0 Å². The van der Waals surface area contributed by atoms with Gasteiger partial charge in [-0.25, -0.2) is 9.59 Å². The molecule has 6 heterocycles. The zero-order valence-corrected chi connectivity index (χ0v) is 70.1. The minimum atomic E-state index is -2.60. The molecule has 35 nitrogen and oxygen atoms in total. The average molecular weight is 1680 g/mol. The van der Waals surface area contributed by atoms with Gasteiger partial charge in [0.05, 0.1) is 68.6 Å². The van der Waals surface area contributed by atoms with Gasteiger partial charge in [-0.05, 0) is 103 Å². The Hall–Kier alpha value is -8.56. The third-order valence-electron chi connectivity index (χ3n) is 21.9. The molecule has 27 atom stereocenters. The number of ether oxygens (including phenoxy) is 6. The highest BCUT2D eigenvalue weighted by Gasteiger charge is 2.47. The van der Waals surface area contributed by atoms with Crippen molar-refractivity contribution < 1.29 is 127 Å². The fourth-order valence-electron chi connectivity index (χ4n) is 14.2. The molecule has 3 fully saturated rings. The van der Waals surface area contributed by atoms with Crippen LogP contribution in [0, 0.1) is 35.5 Å². The molecule has 6 aliphatic heterocycles. The predicted octanol–water partition coefficient (Wildman–Crippen LogP) is -0.106. The van der Waals surface area contributed by atoms with Crippen LogP contribution in [0.15, 0.2) is 96.7 Å². The van der Waals surface area contributed by atoms with Crippen LogP contribution in [0.2, 0.25) is 0 Å². The van der Waals surface area contributed by atoms with Crippen LogP contribution < -0.4 is 48.3 Å². The first-order valence-electron chi connectivity index (χ1n) is 41.1. The zero-order valence-electron chi connectivity index (χ0n) is 70.1. The van der Waals surface area contributed by atoms with E-state index in [-0.39, 0.29) is 67.5 Å². The number of carbonyl (C=O) groups excluding carboxylic acids is 11. The van der Waals surface area contributed by atoms with Crippen LogP contribution in [-0.2, 0) is 86.0 Å². The van der Waals surface area contributed by atoms with Crippen molar-refractivity contribution in [3.8, 4) is 0 Å². The second-order valence-corrected chi connectivity index (χ2v) is 31.9. The van der Waals surface area contributed by atoms with Gasteiger partial charge in [0.25, 0.3) is 11.8 Å². The number of aliphatic hydroxyl groups excluding tert-OH is 7. The molecule has 27 unspecified atom stereocenters. The Morgan fingerprint density at radius 3 is 1.98 bits per heavy atom. The number of Topliss-reactive ketones (excluding diaryl/α,β-unsaturated/α-hetero) is 2. The lowest BCUT2D eigenvalue weighted by molar-refractivity contribution is -0.175. The van der Waals surface area contributed by atoms with Crippen molar-refractivity contribution in [3.05, 3.63) is 96.7 Å². The van der Waals surface area contributed by atoms with E-state index in [0.717, 1.165) is 18.9 Å². The van der Waals surface area contributed by atoms with Crippen molar-refractivity contribution in [2.45, 2.75) is 287 Å². The van der Waals surface area contributed by atoms with Crippen LogP contribution in [-0.4, -0.2) is 279 Å². The van der Waals surface area contributed by atoms with E-state index in [1.165, 1.54) is 46.9 Å². The zero-order chi connectivity index (χ0) is 88.5. The number of nitrogens with two attached hydrogens (primary N) is 1. The number of allylic oxidation sites excluding steroid dienone is 7. The maximum absolute atomic E-state index is 14.3. The van der Waals surface area contributed by atoms with Gasteiger partial charge in [0.2, 0.25) is 41.5 Å². The summed E-state index contributed by atoms with van der Waals surface area (Å²) < 4.78 is 37.4. The van der Waals surface area contributed by atoms with Gasteiger partial charge in [0.15, 0.2) is 23.8 Å². The molecule has 0 radical (unpaired) electrons. The lowest BCUT2D eigenvalue weighted by Crippen LogP contribution is -2.62. The van der Waals surface area contributed by atoms with Crippen LogP contribution in [0.4, 0.5) is 0 Å². The fourth-order valence-corrected chi connectivity index (χ4v) is 14.2. The number of aliphatic hydroxyl groups is 7. The molecule has 0 aliphatic carbocycles. The highest BCUT2D eigenvalue weighted by molar-refractivity contribution is 6.06. The number of nitrogens with one attached hydrogen (secondary N) is 8. The highest BCUT2D eigenvalue weighted by atomic mass is 16.6. The van der Waals surface area contributed by atoms with Crippen LogP contribution in [0.25, 0.3) is 0 Å². The van der Waals surface area contributed by atoms with E-state index in [4.69, 9.17) is 34.2 Å². The summed E-state index contributed by atoms with van der Waals surface area (Å²) in [6.07, 6.45) is 16.9. The van der Waals surface area contributed by atoms with Crippen molar-refractivity contribution in [2.75, 3.05) is 33.4 Å². The van der Waals surface area contributed by atoms with Gasteiger partial charge in [0, 0.05) is 56.1 Å². The van der Waals surface area contributed by atoms with Gasteiger partial charge in [-0.1, -0.05) is 140 Å². The third kappa shape index (κ3) is 32.4. The molecule has 7 bridgehead atoms. The Morgan fingerprint density at radius 1 is 0.647 bits per heavy atom. The summed E-state index contributed by atoms with van der Waals surface area (Å²) in [5.41, 5.74) is 6.29. The number of primary amides is 1. The number of fused-ring (bicyclic) bond motifs is 13. The van der Waals surface area contributed by atoms with Crippen LogP contribution in [0.5, 0.6) is 0 Å². The van der Waals surface area contributed by atoms with Crippen LogP contribution >= 0.6 is 0 Å². The van der Waals surface area contributed by atoms with Gasteiger partial charge < -0.3 is 118 Å². The first-order valence-corrected chi connectivity index (χ1v) is 41.1. The number of carbonyl (C=O) groups is 12. The summed E-state index contributed by atoms with van der Waals surface area (Å²) in [5, 5.41) is 104. The number of carboxylic acid groups (broad SMARTS) is 1. The first kappa shape index (κ1) is 101. The summed E-state index contributed by atoms with van der Waals surface area (Å²) in [7, 11) is 1.35. The summed E-state index contributed by atoms with van der Waals surface area (Å²) >= 11 is 0. The quantitative estimate of drug-likeness (QED) is 0.0166. The number of unbranched alkanes of at least 4 members (excludes halogenated alkanes) is 1. The largest absolute Gasteiger partial charge is 0.479 e. The summed E-state index contributed by atoms with van der Waals surface area (Å²) in [5.74, 6) is -16.0. The molecule has 0 spiro atoms. The molecule has 0 saturated carbocycles. The predicted molar refractivity (Wildman–Crippen MR) is 434 cm³/mol. The molecule has 18 N–H and O–H groups in total. The van der Waals surface area contributed by atoms with E-state index >= 15 is 0 Å². The summed E-state index contributed by atoms with van der Waals surface area (Å²) in [4.78, 5) is 160. The maximum Gasteiger partial charge on any atom is 0.336 e. The molecular weight excluding hydrogens is 1550 g/mol. The van der Waals surface area contributed by atoms with E-state index < -0.39 is 218 Å². The number of hydrogen-bond acceptors (Lipinski definition) is 26. The monoisotopic (exact) mass is 1680 g/mol. The van der Waals surface area contributed by atoms with E-state index in [1.54, 1.807) is 42.6 Å². The van der Waals surface area contributed by atoms with Gasteiger partial charge in [0.1, 0.15) is 66.8 Å². The Morgan fingerprint density at radius 2 is 1.33 bits per heavy atom. The molecule has 666 valence electrons. The minimum absolute atomic E-state index is 0.0364. The highest BCUT2D eigenvalue weighted by Crippen LogP contribution is 2.39. The van der Waals surface area contributed by atoms with E-state index in [9.17, 15) is 98.4 Å². The number of esters is 1. The molecule has 0 aromatic carbocycles. The lowest BCUT2D eigenvalue weighted by Gasteiger charge is -2.40. The second-order valence-electron chi connectivity index (χ2n) is 31.9. The fraction of sp³-hybridized carbons (Fsp3) is 0.667. The van der Waals surface area contributed by atoms with Crippen molar-refractivity contribution in [3.63, 3.8) is 0 Å².